The summed E-state index contributed by atoms with van der Waals surface area (Å²) in [6.45, 7) is 10.8. The number of nitrogens with two attached hydrogens (primary N) is 1. The van der Waals surface area contributed by atoms with Gasteiger partial charge in [-0.1, -0.05) is 13.3 Å². The second kappa shape index (κ2) is 7.11. The van der Waals surface area contributed by atoms with E-state index in [1.165, 1.54) is 32.5 Å². The summed E-state index contributed by atoms with van der Waals surface area (Å²) >= 11 is 0. The van der Waals surface area contributed by atoms with Crippen LogP contribution in [-0.4, -0.2) is 31.1 Å². The van der Waals surface area contributed by atoms with Crippen LogP contribution in [0.1, 0.15) is 46.5 Å². The van der Waals surface area contributed by atoms with Gasteiger partial charge in [0, 0.05) is 6.54 Å². The molecule has 18 heavy (non-hydrogen) atoms. The first kappa shape index (κ1) is 15.5. The predicted molar refractivity (Wildman–Crippen MR) is 76.0 cm³/mol. The first-order valence-corrected chi connectivity index (χ1v) is 7.32. The van der Waals surface area contributed by atoms with E-state index >= 15 is 0 Å². The van der Waals surface area contributed by atoms with E-state index in [9.17, 15) is 0 Å². The fourth-order valence-electron chi connectivity index (χ4n) is 2.69. The Morgan fingerprint density at radius 2 is 2.11 bits per heavy atom. The zero-order valence-electron chi connectivity index (χ0n) is 12.3. The summed E-state index contributed by atoms with van der Waals surface area (Å²) in [5.41, 5.74) is 5.67. The molecular formula is C15H29N3. The molecule has 1 aliphatic rings. The highest BCUT2D eigenvalue weighted by atomic mass is 15.1. The van der Waals surface area contributed by atoms with Crippen molar-refractivity contribution in [2.24, 2.45) is 23.0 Å². The third-order valence-electron chi connectivity index (χ3n) is 4.33. The number of rotatable bonds is 6. The minimum atomic E-state index is -0.157. The first-order valence-electron chi connectivity index (χ1n) is 7.32. The van der Waals surface area contributed by atoms with Gasteiger partial charge in [-0.3, -0.25) is 0 Å². The molecular weight excluding hydrogens is 222 g/mol. The van der Waals surface area contributed by atoms with Crippen molar-refractivity contribution < 1.29 is 0 Å². The summed E-state index contributed by atoms with van der Waals surface area (Å²) in [6, 6.07) is 2.37. The van der Waals surface area contributed by atoms with Crippen molar-refractivity contribution in [2.75, 3.05) is 26.2 Å². The number of piperidine rings is 1. The molecule has 0 bridgehead atoms. The summed E-state index contributed by atoms with van der Waals surface area (Å²) < 4.78 is 0. The molecule has 0 aromatic carbocycles. The zero-order chi connectivity index (χ0) is 13.6. The largest absolute Gasteiger partial charge is 0.330 e. The Hall–Kier alpha value is -0.590. The topological polar surface area (TPSA) is 53.0 Å². The van der Waals surface area contributed by atoms with Crippen molar-refractivity contribution in [2.45, 2.75) is 46.5 Å². The number of unbranched alkanes of at least 4 members (excludes halogenated alkanes) is 1. The fraction of sp³-hybridized carbons (Fsp3) is 0.933. The summed E-state index contributed by atoms with van der Waals surface area (Å²) in [5.74, 6) is 1.46. The van der Waals surface area contributed by atoms with E-state index < -0.39 is 0 Å². The Kier molecular flexibility index (Phi) is 6.11. The van der Waals surface area contributed by atoms with Crippen LogP contribution in [0, 0.1) is 28.6 Å². The molecule has 3 nitrogen and oxygen atoms in total. The number of likely N-dealkylation sites (tertiary alicyclic amines) is 1. The Balaban J connectivity index is 2.19. The van der Waals surface area contributed by atoms with E-state index in [2.05, 4.69) is 17.9 Å². The van der Waals surface area contributed by atoms with Crippen LogP contribution in [0.15, 0.2) is 0 Å². The van der Waals surface area contributed by atoms with E-state index in [4.69, 9.17) is 11.0 Å². The highest BCUT2D eigenvalue weighted by Crippen LogP contribution is 2.24. The summed E-state index contributed by atoms with van der Waals surface area (Å²) in [4.78, 5) is 2.55. The van der Waals surface area contributed by atoms with Gasteiger partial charge in [0.25, 0.3) is 0 Å². The van der Waals surface area contributed by atoms with Crippen LogP contribution in [0.3, 0.4) is 0 Å². The van der Waals surface area contributed by atoms with Gasteiger partial charge in [0.2, 0.25) is 0 Å². The molecule has 2 N–H and O–H groups in total. The molecule has 3 heteroatoms. The molecule has 1 rings (SSSR count). The SMILES string of the molecule is CC1CCN(CCCCC(C)(C)C#N)CC1CN. The van der Waals surface area contributed by atoms with Crippen molar-refractivity contribution in [1.82, 2.24) is 4.90 Å². The smallest absolute Gasteiger partial charge is 0.0683 e. The van der Waals surface area contributed by atoms with E-state index in [0.717, 1.165) is 25.3 Å². The standard InChI is InChI=1S/C15H29N3/c1-13-6-9-18(11-14(13)10-16)8-5-4-7-15(2,3)12-17/h13-14H,4-11,16H2,1-3H3. The molecule has 1 saturated heterocycles. The molecule has 0 spiro atoms. The van der Waals surface area contributed by atoms with Crippen LogP contribution in [-0.2, 0) is 0 Å². The number of nitriles is 1. The normalized spacial score (nSPS) is 25.9. The van der Waals surface area contributed by atoms with Crippen molar-refractivity contribution in [1.29, 1.82) is 5.26 Å². The molecule has 1 heterocycles. The van der Waals surface area contributed by atoms with Gasteiger partial charge in [0.15, 0.2) is 0 Å². The molecule has 1 fully saturated rings. The molecule has 2 unspecified atom stereocenters. The van der Waals surface area contributed by atoms with Crippen LogP contribution in [0.4, 0.5) is 0 Å². The third kappa shape index (κ3) is 4.96. The van der Waals surface area contributed by atoms with Gasteiger partial charge in [-0.15, -0.1) is 0 Å². The minimum Gasteiger partial charge on any atom is -0.330 e. The molecule has 0 aliphatic carbocycles. The van der Waals surface area contributed by atoms with Gasteiger partial charge in [-0.2, -0.15) is 5.26 Å². The van der Waals surface area contributed by atoms with Crippen molar-refractivity contribution in [3.63, 3.8) is 0 Å². The maximum Gasteiger partial charge on any atom is 0.0683 e. The molecule has 2 atom stereocenters. The van der Waals surface area contributed by atoms with Crippen molar-refractivity contribution in [3.05, 3.63) is 0 Å². The maximum atomic E-state index is 8.96. The van der Waals surface area contributed by atoms with E-state index in [1.807, 2.05) is 13.8 Å². The Labute approximate surface area is 112 Å². The lowest BCUT2D eigenvalue weighted by molar-refractivity contribution is 0.129. The lowest BCUT2D eigenvalue weighted by Crippen LogP contribution is -2.42. The predicted octanol–water partition coefficient (Wildman–Crippen LogP) is 2.62. The van der Waals surface area contributed by atoms with Crippen LogP contribution in [0.5, 0.6) is 0 Å². The van der Waals surface area contributed by atoms with E-state index in [0.29, 0.717) is 5.92 Å². The maximum absolute atomic E-state index is 8.96. The van der Waals surface area contributed by atoms with E-state index in [-0.39, 0.29) is 5.41 Å². The molecule has 0 aromatic rings. The Morgan fingerprint density at radius 3 is 2.72 bits per heavy atom. The third-order valence-corrected chi connectivity index (χ3v) is 4.33. The number of hydrogen-bond acceptors (Lipinski definition) is 3. The number of nitrogens with zero attached hydrogens (tertiary/aromatic N) is 2. The van der Waals surface area contributed by atoms with Crippen LogP contribution in [0.2, 0.25) is 0 Å². The van der Waals surface area contributed by atoms with Crippen LogP contribution in [0.25, 0.3) is 0 Å². The lowest BCUT2D eigenvalue weighted by atomic mass is 9.86. The molecule has 0 aromatic heterocycles. The summed E-state index contributed by atoms with van der Waals surface area (Å²) in [5, 5.41) is 8.96. The molecule has 0 amide bonds. The van der Waals surface area contributed by atoms with E-state index in [1.54, 1.807) is 0 Å². The van der Waals surface area contributed by atoms with Crippen molar-refractivity contribution >= 4 is 0 Å². The lowest BCUT2D eigenvalue weighted by Gasteiger charge is -2.36. The molecule has 1 aliphatic heterocycles. The zero-order valence-corrected chi connectivity index (χ0v) is 12.3. The Morgan fingerprint density at radius 1 is 1.39 bits per heavy atom. The van der Waals surface area contributed by atoms with Gasteiger partial charge in [0.1, 0.15) is 0 Å². The molecule has 0 radical (unpaired) electrons. The second-order valence-corrected chi connectivity index (χ2v) is 6.52. The molecule has 104 valence electrons. The minimum absolute atomic E-state index is 0.157. The average molecular weight is 251 g/mol. The highest BCUT2D eigenvalue weighted by molar-refractivity contribution is 4.91. The van der Waals surface area contributed by atoms with Gasteiger partial charge in [-0.05, 0) is 64.6 Å². The quantitative estimate of drug-likeness (QED) is 0.738. The van der Waals surface area contributed by atoms with Gasteiger partial charge < -0.3 is 10.6 Å². The fourth-order valence-corrected chi connectivity index (χ4v) is 2.69. The average Bonchev–Trinajstić information content (AvgIpc) is 2.36. The summed E-state index contributed by atoms with van der Waals surface area (Å²) in [7, 11) is 0. The van der Waals surface area contributed by atoms with Crippen LogP contribution >= 0.6 is 0 Å². The van der Waals surface area contributed by atoms with Crippen molar-refractivity contribution in [3.8, 4) is 6.07 Å². The van der Waals surface area contributed by atoms with Gasteiger partial charge in [-0.25, -0.2) is 0 Å². The highest BCUT2D eigenvalue weighted by Gasteiger charge is 2.24. The molecule has 0 saturated carbocycles. The monoisotopic (exact) mass is 251 g/mol. The summed E-state index contributed by atoms with van der Waals surface area (Å²) in [6.07, 6.45) is 4.65. The number of hydrogen-bond donors (Lipinski definition) is 1. The second-order valence-electron chi connectivity index (χ2n) is 6.52. The van der Waals surface area contributed by atoms with Gasteiger partial charge in [0.05, 0.1) is 11.5 Å². The Bertz CT molecular complexity index is 280. The van der Waals surface area contributed by atoms with Gasteiger partial charge >= 0.3 is 0 Å². The van der Waals surface area contributed by atoms with Crippen LogP contribution < -0.4 is 5.73 Å². The first-order chi connectivity index (χ1) is 8.48.